The van der Waals surface area contributed by atoms with E-state index in [-0.39, 0.29) is 6.04 Å². The van der Waals surface area contributed by atoms with Gasteiger partial charge >= 0.3 is 0 Å². The van der Waals surface area contributed by atoms with Gasteiger partial charge in [0.1, 0.15) is 0 Å². The van der Waals surface area contributed by atoms with E-state index in [0.717, 1.165) is 12.8 Å². The largest absolute Gasteiger partial charge is 0.324 e. The Morgan fingerprint density at radius 3 is 2.43 bits per heavy atom. The van der Waals surface area contributed by atoms with E-state index < -0.39 is 0 Å². The lowest BCUT2D eigenvalue weighted by atomic mass is 9.96. The average molecular weight is 191 g/mol. The minimum absolute atomic E-state index is 0.207. The fraction of sp³-hybridized carbons (Fsp3) is 0.538. The molecule has 1 aromatic carbocycles. The van der Waals surface area contributed by atoms with Gasteiger partial charge in [-0.2, -0.15) is 0 Å². The Morgan fingerprint density at radius 2 is 1.86 bits per heavy atom. The Hall–Kier alpha value is -0.820. The quantitative estimate of drug-likeness (QED) is 0.773. The average Bonchev–Trinajstić information content (AvgIpc) is 2.18. The van der Waals surface area contributed by atoms with Gasteiger partial charge in [0.05, 0.1) is 0 Å². The number of hydrogen-bond donors (Lipinski definition) is 1. The predicted octanol–water partition coefficient (Wildman–Crippen LogP) is 3.61. The highest BCUT2D eigenvalue weighted by Gasteiger charge is 2.06. The maximum Gasteiger partial charge on any atom is 0.0294 e. The van der Waals surface area contributed by atoms with E-state index in [0.29, 0.717) is 5.92 Å². The van der Waals surface area contributed by atoms with Crippen molar-refractivity contribution in [2.45, 2.75) is 45.6 Å². The molecule has 0 aliphatic carbocycles. The van der Waals surface area contributed by atoms with Crippen molar-refractivity contribution in [3.63, 3.8) is 0 Å². The highest BCUT2D eigenvalue weighted by Crippen LogP contribution is 2.21. The van der Waals surface area contributed by atoms with Crippen LogP contribution in [0.1, 0.15) is 56.7 Å². The molecule has 1 nitrogen and oxygen atoms in total. The van der Waals surface area contributed by atoms with Crippen molar-refractivity contribution in [3.8, 4) is 0 Å². The van der Waals surface area contributed by atoms with Gasteiger partial charge in [-0.15, -0.1) is 0 Å². The van der Waals surface area contributed by atoms with Crippen molar-refractivity contribution < 1.29 is 0 Å². The predicted molar refractivity (Wildman–Crippen MR) is 62.4 cm³/mol. The van der Waals surface area contributed by atoms with Gasteiger partial charge < -0.3 is 5.73 Å². The zero-order chi connectivity index (χ0) is 10.6. The topological polar surface area (TPSA) is 26.0 Å². The molecule has 1 heteroatoms. The van der Waals surface area contributed by atoms with Gasteiger partial charge in [-0.05, 0) is 23.5 Å². The minimum atomic E-state index is 0.207. The zero-order valence-electron chi connectivity index (χ0n) is 9.46. The van der Waals surface area contributed by atoms with E-state index in [4.69, 9.17) is 5.73 Å². The Bertz CT molecular complexity index is 278. The first kappa shape index (κ1) is 11.3. The number of benzene rings is 1. The van der Waals surface area contributed by atoms with Crippen LogP contribution in [0.4, 0.5) is 0 Å². The number of nitrogens with two attached hydrogens (primary N) is 1. The first-order chi connectivity index (χ1) is 6.65. The molecule has 14 heavy (non-hydrogen) atoms. The monoisotopic (exact) mass is 191 g/mol. The second-order valence-electron chi connectivity index (χ2n) is 4.22. The van der Waals surface area contributed by atoms with Gasteiger partial charge in [-0.3, -0.25) is 0 Å². The summed E-state index contributed by atoms with van der Waals surface area (Å²) in [6, 6.07) is 8.86. The van der Waals surface area contributed by atoms with Crippen LogP contribution >= 0.6 is 0 Å². The molecule has 0 aromatic heterocycles. The molecular weight excluding hydrogens is 170 g/mol. The third-order valence-electron chi connectivity index (χ3n) is 2.61. The van der Waals surface area contributed by atoms with Crippen LogP contribution in [0.15, 0.2) is 24.3 Å². The second-order valence-corrected chi connectivity index (χ2v) is 4.22. The normalized spacial score (nSPS) is 13.2. The first-order valence-corrected chi connectivity index (χ1v) is 5.50. The summed E-state index contributed by atoms with van der Waals surface area (Å²) in [6.45, 7) is 6.60. The summed E-state index contributed by atoms with van der Waals surface area (Å²) in [5, 5.41) is 0. The molecular formula is C13H21N. The highest BCUT2D eigenvalue weighted by atomic mass is 14.6. The van der Waals surface area contributed by atoms with E-state index >= 15 is 0 Å². The molecule has 1 rings (SSSR count). The Kier molecular flexibility index (Phi) is 4.15. The summed E-state index contributed by atoms with van der Waals surface area (Å²) in [5.41, 5.74) is 8.73. The third kappa shape index (κ3) is 2.85. The maximum absolute atomic E-state index is 6.07. The molecule has 0 fully saturated rings. The molecule has 0 amide bonds. The summed E-state index contributed by atoms with van der Waals surface area (Å²) in [5.74, 6) is 0.587. The molecule has 0 aliphatic rings. The van der Waals surface area contributed by atoms with Crippen LogP contribution in [-0.2, 0) is 0 Å². The van der Waals surface area contributed by atoms with E-state index in [1.54, 1.807) is 0 Å². The van der Waals surface area contributed by atoms with Crippen LogP contribution in [0.5, 0.6) is 0 Å². The molecule has 1 atom stereocenters. The minimum Gasteiger partial charge on any atom is -0.324 e. The maximum atomic E-state index is 6.07. The van der Waals surface area contributed by atoms with Crippen LogP contribution in [-0.4, -0.2) is 0 Å². The lowest BCUT2D eigenvalue weighted by molar-refractivity contribution is 0.637. The van der Waals surface area contributed by atoms with E-state index in [2.05, 4.69) is 45.0 Å². The van der Waals surface area contributed by atoms with Crippen LogP contribution in [0, 0.1) is 0 Å². The number of rotatable bonds is 4. The molecule has 0 saturated carbocycles. The lowest BCUT2D eigenvalue weighted by Gasteiger charge is -2.13. The van der Waals surface area contributed by atoms with Crippen LogP contribution in [0.25, 0.3) is 0 Å². The van der Waals surface area contributed by atoms with Crippen LogP contribution < -0.4 is 5.73 Å². The van der Waals surface area contributed by atoms with Gasteiger partial charge in [-0.25, -0.2) is 0 Å². The standard InChI is InChI=1S/C13H21N/c1-4-6-13(14)12-8-5-7-11(9-12)10(2)3/h5,7-10,13H,4,6,14H2,1-3H3. The molecule has 78 valence electrons. The van der Waals surface area contributed by atoms with Crippen molar-refractivity contribution in [2.24, 2.45) is 5.73 Å². The van der Waals surface area contributed by atoms with Crippen molar-refractivity contribution >= 4 is 0 Å². The van der Waals surface area contributed by atoms with Crippen molar-refractivity contribution in [2.75, 3.05) is 0 Å². The molecule has 1 unspecified atom stereocenters. The van der Waals surface area contributed by atoms with Gasteiger partial charge in [0.25, 0.3) is 0 Å². The molecule has 0 bridgehead atoms. The fourth-order valence-corrected chi connectivity index (χ4v) is 1.63. The Balaban J connectivity index is 2.82. The molecule has 0 spiro atoms. The summed E-state index contributed by atoms with van der Waals surface area (Å²) < 4.78 is 0. The summed E-state index contributed by atoms with van der Waals surface area (Å²) >= 11 is 0. The number of hydrogen-bond acceptors (Lipinski definition) is 1. The van der Waals surface area contributed by atoms with Crippen molar-refractivity contribution in [3.05, 3.63) is 35.4 Å². The summed E-state index contributed by atoms with van der Waals surface area (Å²) in [7, 11) is 0. The van der Waals surface area contributed by atoms with E-state index in [9.17, 15) is 0 Å². The van der Waals surface area contributed by atoms with Crippen LogP contribution in [0.3, 0.4) is 0 Å². The van der Waals surface area contributed by atoms with Gasteiger partial charge in [-0.1, -0.05) is 51.5 Å². The SMILES string of the molecule is CCCC(N)c1cccc(C(C)C)c1. The van der Waals surface area contributed by atoms with Crippen molar-refractivity contribution in [1.82, 2.24) is 0 Å². The van der Waals surface area contributed by atoms with E-state index in [1.807, 2.05) is 0 Å². The molecule has 0 radical (unpaired) electrons. The summed E-state index contributed by atoms with van der Waals surface area (Å²) in [4.78, 5) is 0. The van der Waals surface area contributed by atoms with Crippen molar-refractivity contribution in [1.29, 1.82) is 0 Å². The molecule has 1 aromatic rings. The fourth-order valence-electron chi connectivity index (χ4n) is 1.63. The highest BCUT2D eigenvalue weighted by molar-refractivity contribution is 5.27. The van der Waals surface area contributed by atoms with Crippen LogP contribution in [0.2, 0.25) is 0 Å². The Labute approximate surface area is 87.3 Å². The van der Waals surface area contributed by atoms with Gasteiger partial charge in [0.2, 0.25) is 0 Å². The lowest BCUT2D eigenvalue weighted by Crippen LogP contribution is -2.10. The second kappa shape index (κ2) is 5.16. The van der Waals surface area contributed by atoms with Gasteiger partial charge in [0.15, 0.2) is 0 Å². The third-order valence-corrected chi connectivity index (χ3v) is 2.61. The summed E-state index contributed by atoms with van der Waals surface area (Å²) in [6.07, 6.45) is 2.22. The smallest absolute Gasteiger partial charge is 0.0294 e. The molecule has 0 heterocycles. The Morgan fingerprint density at radius 1 is 1.21 bits per heavy atom. The molecule has 0 saturated heterocycles. The first-order valence-electron chi connectivity index (χ1n) is 5.50. The van der Waals surface area contributed by atoms with E-state index in [1.165, 1.54) is 11.1 Å². The van der Waals surface area contributed by atoms with Gasteiger partial charge in [0, 0.05) is 6.04 Å². The molecule has 2 N–H and O–H groups in total. The zero-order valence-corrected chi connectivity index (χ0v) is 9.46. The molecule has 0 aliphatic heterocycles.